The van der Waals surface area contributed by atoms with E-state index in [-0.39, 0.29) is 17.8 Å². The summed E-state index contributed by atoms with van der Waals surface area (Å²) >= 11 is 0. The molecule has 2 rings (SSSR count). The summed E-state index contributed by atoms with van der Waals surface area (Å²) in [5.74, 6) is 0.385. The van der Waals surface area contributed by atoms with Gasteiger partial charge in [-0.1, -0.05) is 13.8 Å². The third-order valence-electron chi connectivity index (χ3n) is 5.56. The van der Waals surface area contributed by atoms with E-state index < -0.39 is 17.3 Å². The Hall–Kier alpha value is -0.120. The fourth-order valence-electron chi connectivity index (χ4n) is 4.34. The molecule has 0 heterocycles. The normalized spacial score (nSPS) is 53.3. The molecule has 0 aromatic heterocycles. The molecule has 0 aromatic carbocycles. The first-order valence-electron chi connectivity index (χ1n) is 7.29. The van der Waals surface area contributed by atoms with Crippen LogP contribution in [0.1, 0.15) is 53.4 Å². The van der Waals surface area contributed by atoms with E-state index in [4.69, 9.17) is 0 Å². The molecule has 0 radical (unpaired) electrons. The van der Waals surface area contributed by atoms with E-state index in [2.05, 4.69) is 13.8 Å². The minimum Gasteiger partial charge on any atom is -0.392 e. The van der Waals surface area contributed by atoms with Gasteiger partial charge in [-0.05, 0) is 57.3 Å². The van der Waals surface area contributed by atoms with E-state index in [1.807, 2.05) is 13.8 Å². The Balaban J connectivity index is 2.36. The van der Waals surface area contributed by atoms with Crippen molar-refractivity contribution in [3.05, 3.63) is 0 Å². The second-order valence-corrected chi connectivity index (χ2v) is 7.32. The van der Waals surface area contributed by atoms with Crippen molar-refractivity contribution in [2.75, 3.05) is 0 Å². The van der Waals surface area contributed by atoms with E-state index in [0.717, 1.165) is 19.3 Å². The summed E-state index contributed by atoms with van der Waals surface area (Å²) < 4.78 is 0. The van der Waals surface area contributed by atoms with Gasteiger partial charge in [0.05, 0.1) is 17.3 Å². The number of rotatable bonds is 1. The summed E-state index contributed by atoms with van der Waals surface area (Å²) in [5.41, 5.74) is -1.60. The number of fused-ring (bicyclic) bond motifs is 1. The summed E-state index contributed by atoms with van der Waals surface area (Å²) in [6.45, 7) is 7.93. The maximum absolute atomic E-state index is 10.7. The van der Waals surface area contributed by atoms with E-state index >= 15 is 0 Å². The molecule has 2 aliphatic carbocycles. The number of aliphatic hydroxyl groups excluding tert-OH is 1. The smallest absolute Gasteiger partial charge is 0.0676 e. The summed E-state index contributed by atoms with van der Waals surface area (Å²) in [6, 6.07) is 0. The summed E-state index contributed by atoms with van der Waals surface area (Å²) in [7, 11) is 0. The average Bonchev–Trinajstić information content (AvgIpc) is 2.48. The molecule has 0 aromatic rings. The van der Waals surface area contributed by atoms with E-state index in [1.54, 1.807) is 0 Å². The van der Waals surface area contributed by atoms with Crippen LogP contribution in [0.5, 0.6) is 0 Å². The first-order valence-corrected chi connectivity index (χ1v) is 7.29. The molecule has 0 amide bonds. The highest BCUT2D eigenvalue weighted by atomic mass is 16.3. The Kier molecular flexibility index (Phi) is 3.54. The van der Waals surface area contributed by atoms with Gasteiger partial charge in [0.15, 0.2) is 0 Å². The van der Waals surface area contributed by atoms with Gasteiger partial charge in [-0.3, -0.25) is 0 Å². The Labute approximate surface area is 110 Å². The topological polar surface area (TPSA) is 60.7 Å². The van der Waals surface area contributed by atoms with Gasteiger partial charge in [0.2, 0.25) is 0 Å². The Bertz CT molecular complexity index is 309. The maximum atomic E-state index is 10.7. The molecule has 3 heteroatoms. The zero-order valence-electron chi connectivity index (χ0n) is 12.1. The highest BCUT2D eigenvalue weighted by Gasteiger charge is 2.56. The first-order chi connectivity index (χ1) is 8.17. The third-order valence-corrected chi connectivity index (χ3v) is 5.56. The van der Waals surface area contributed by atoms with Crippen molar-refractivity contribution in [2.24, 2.45) is 23.7 Å². The number of hydrogen-bond donors (Lipinski definition) is 3. The molecule has 2 fully saturated rings. The third kappa shape index (κ3) is 2.21. The van der Waals surface area contributed by atoms with E-state index in [0.29, 0.717) is 12.3 Å². The quantitative estimate of drug-likeness (QED) is 0.672. The fourth-order valence-corrected chi connectivity index (χ4v) is 4.34. The fraction of sp³-hybridized carbons (Fsp3) is 1.00. The lowest BCUT2D eigenvalue weighted by Gasteiger charge is -2.39. The first kappa shape index (κ1) is 14.3. The molecular weight excluding hydrogens is 228 g/mol. The second kappa shape index (κ2) is 4.46. The lowest BCUT2D eigenvalue weighted by atomic mass is 9.73. The summed E-state index contributed by atoms with van der Waals surface area (Å²) in [4.78, 5) is 0. The molecule has 106 valence electrons. The Morgan fingerprint density at radius 1 is 1.00 bits per heavy atom. The van der Waals surface area contributed by atoms with Gasteiger partial charge in [-0.2, -0.15) is 0 Å². The van der Waals surface area contributed by atoms with Gasteiger partial charge in [0, 0.05) is 5.92 Å². The van der Waals surface area contributed by atoms with Gasteiger partial charge in [0.25, 0.3) is 0 Å². The minimum atomic E-state index is -0.842. The van der Waals surface area contributed by atoms with Crippen LogP contribution in [0.3, 0.4) is 0 Å². The van der Waals surface area contributed by atoms with Crippen molar-refractivity contribution in [2.45, 2.75) is 70.7 Å². The molecule has 3 nitrogen and oxygen atoms in total. The van der Waals surface area contributed by atoms with Crippen molar-refractivity contribution in [1.29, 1.82) is 0 Å². The largest absolute Gasteiger partial charge is 0.392 e. The van der Waals surface area contributed by atoms with Crippen LogP contribution in [0.15, 0.2) is 0 Å². The van der Waals surface area contributed by atoms with Crippen molar-refractivity contribution in [3.8, 4) is 0 Å². The molecule has 18 heavy (non-hydrogen) atoms. The highest BCUT2D eigenvalue weighted by molar-refractivity contribution is 5.07. The molecule has 6 atom stereocenters. The van der Waals surface area contributed by atoms with Gasteiger partial charge in [-0.15, -0.1) is 0 Å². The Morgan fingerprint density at radius 2 is 1.56 bits per heavy atom. The molecule has 2 aliphatic rings. The number of aliphatic hydroxyl groups is 3. The van der Waals surface area contributed by atoms with Crippen LogP contribution in [-0.4, -0.2) is 32.6 Å². The van der Waals surface area contributed by atoms with Crippen LogP contribution in [0.2, 0.25) is 0 Å². The summed E-state index contributed by atoms with van der Waals surface area (Å²) in [5, 5.41) is 31.9. The molecule has 2 saturated carbocycles. The number of hydrogen-bond acceptors (Lipinski definition) is 3. The van der Waals surface area contributed by atoms with Gasteiger partial charge < -0.3 is 15.3 Å². The predicted molar refractivity (Wildman–Crippen MR) is 71.0 cm³/mol. The molecule has 0 aliphatic heterocycles. The lowest BCUT2D eigenvalue weighted by molar-refractivity contribution is -0.101. The van der Waals surface area contributed by atoms with Crippen LogP contribution in [0.4, 0.5) is 0 Å². The van der Waals surface area contributed by atoms with Crippen LogP contribution in [0.25, 0.3) is 0 Å². The molecule has 3 N–H and O–H groups in total. The van der Waals surface area contributed by atoms with Crippen molar-refractivity contribution < 1.29 is 15.3 Å². The van der Waals surface area contributed by atoms with Gasteiger partial charge in [-0.25, -0.2) is 0 Å². The average molecular weight is 256 g/mol. The van der Waals surface area contributed by atoms with Crippen molar-refractivity contribution >= 4 is 0 Å². The Morgan fingerprint density at radius 3 is 2.11 bits per heavy atom. The van der Waals surface area contributed by atoms with Crippen LogP contribution in [0, 0.1) is 23.7 Å². The molecule has 0 bridgehead atoms. The zero-order valence-corrected chi connectivity index (χ0v) is 12.1. The molecule has 1 unspecified atom stereocenters. The summed E-state index contributed by atoms with van der Waals surface area (Å²) in [6.07, 6.45) is 2.56. The van der Waals surface area contributed by atoms with Crippen molar-refractivity contribution in [3.63, 3.8) is 0 Å². The van der Waals surface area contributed by atoms with Gasteiger partial charge in [0.1, 0.15) is 0 Å². The van der Waals surface area contributed by atoms with Crippen LogP contribution in [-0.2, 0) is 0 Å². The maximum Gasteiger partial charge on any atom is 0.0676 e. The zero-order chi connectivity index (χ0) is 13.7. The van der Waals surface area contributed by atoms with Crippen LogP contribution < -0.4 is 0 Å². The van der Waals surface area contributed by atoms with Crippen LogP contribution >= 0.6 is 0 Å². The van der Waals surface area contributed by atoms with E-state index in [1.165, 1.54) is 0 Å². The highest BCUT2D eigenvalue weighted by Crippen LogP contribution is 2.52. The molecule has 0 saturated heterocycles. The standard InChI is InChI=1S/C15H28O3/c1-9(2)10-5-7-14(3,17)11-6-8-15(4,18)12(11)13(10)16/h9-13,16-18H,5-8H2,1-4H3/t10?,11-,12-,13-,14-,15+/m1/s1. The molecule has 0 spiro atoms. The minimum absolute atomic E-state index is 0.0197. The van der Waals surface area contributed by atoms with E-state index in [9.17, 15) is 15.3 Å². The lowest BCUT2D eigenvalue weighted by Crippen LogP contribution is -2.47. The predicted octanol–water partition coefficient (Wildman–Crippen LogP) is 1.94. The second-order valence-electron chi connectivity index (χ2n) is 7.32. The SMILES string of the molecule is CC(C)C1CC[C@@](C)(O)[C@@H]2CC[C@](C)(O)[C@H]2[C@@H]1O. The molecular formula is C15H28O3. The monoisotopic (exact) mass is 256 g/mol. The van der Waals surface area contributed by atoms with Crippen molar-refractivity contribution in [1.82, 2.24) is 0 Å². The van der Waals surface area contributed by atoms with Gasteiger partial charge >= 0.3 is 0 Å².